The van der Waals surface area contributed by atoms with Crippen molar-refractivity contribution in [2.24, 2.45) is 0 Å². The van der Waals surface area contributed by atoms with Crippen LogP contribution < -0.4 is 9.80 Å². The van der Waals surface area contributed by atoms with Gasteiger partial charge in [-0.25, -0.2) is 0 Å². The first-order valence-corrected chi connectivity index (χ1v) is 33.5. The molecule has 0 unspecified atom stereocenters. The van der Waals surface area contributed by atoms with Crippen LogP contribution >= 0.6 is 0 Å². The van der Waals surface area contributed by atoms with Gasteiger partial charge in [0.15, 0.2) is 0 Å². The number of rotatable bonds is 12. The maximum absolute atomic E-state index is 7.09. The Labute approximate surface area is 567 Å². The van der Waals surface area contributed by atoms with Gasteiger partial charge in [-0.1, -0.05) is 273 Å². The van der Waals surface area contributed by atoms with Crippen LogP contribution in [0.4, 0.5) is 34.1 Å². The summed E-state index contributed by atoms with van der Waals surface area (Å²) in [5, 5.41) is 13.6. The third-order valence-electron chi connectivity index (χ3n) is 19.8. The fourth-order valence-electron chi connectivity index (χ4n) is 15.3. The Hall–Kier alpha value is -13.0. The first-order chi connectivity index (χ1) is 48.6. The van der Waals surface area contributed by atoms with Crippen molar-refractivity contribution in [1.82, 2.24) is 0 Å². The molecule has 0 aliphatic rings. The molecule has 0 fully saturated rings. The van der Waals surface area contributed by atoms with Crippen molar-refractivity contribution in [3.63, 3.8) is 0 Å². The molecule has 19 aromatic rings. The predicted molar refractivity (Wildman–Crippen MR) is 413 cm³/mol. The highest BCUT2D eigenvalue weighted by molar-refractivity contribution is 6.21. The van der Waals surface area contributed by atoms with E-state index in [1.54, 1.807) is 0 Å². The second-order valence-corrected chi connectivity index (χ2v) is 25.4. The Kier molecular flexibility index (Phi) is 13.5. The van der Waals surface area contributed by atoms with Gasteiger partial charge in [-0.05, 0) is 174 Å². The second kappa shape index (κ2) is 23.5. The molecule has 4 nitrogen and oxygen atoms in total. The smallest absolute Gasteiger partial charge is 0.143 e. The van der Waals surface area contributed by atoms with Gasteiger partial charge in [-0.3, -0.25) is 0 Å². The van der Waals surface area contributed by atoms with Gasteiger partial charge in [-0.2, -0.15) is 0 Å². The zero-order valence-electron chi connectivity index (χ0n) is 53.4. The van der Waals surface area contributed by atoms with Gasteiger partial charge in [0.2, 0.25) is 0 Å². The highest BCUT2D eigenvalue weighted by Crippen LogP contribution is 2.49. The van der Waals surface area contributed by atoms with Crippen molar-refractivity contribution in [3.05, 3.63) is 364 Å². The molecule has 4 heteroatoms. The molecule has 98 heavy (non-hydrogen) atoms. The van der Waals surface area contributed by atoms with Gasteiger partial charge >= 0.3 is 0 Å². The number of anilines is 6. The maximum Gasteiger partial charge on any atom is 0.143 e. The molecule has 0 spiro atoms. The number of fused-ring (bicyclic) bond motifs is 12. The molecule has 2 aromatic heterocycles. The molecule has 0 saturated carbocycles. The van der Waals surface area contributed by atoms with Crippen LogP contribution in [0.25, 0.3) is 154 Å². The molecule has 17 aromatic carbocycles. The maximum atomic E-state index is 7.09. The summed E-state index contributed by atoms with van der Waals surface area (Å²) >= 11 is 0. The molecule has 458 valence electrons. The van der Waals surface area contributed by atoms with E-state index in [1.165, 1.54) is 27.1 Å². The number of furan rings is 2. The van der Waals surface area contributed by atoms with E-state index in [9.17, 15) is 0 Å². The summed E-state index contributed by atoms with van der Waals surface area (Å²) in [7, 11) is 0. The van der Waals surface area contributed by atoms with Crippen molar-refractivity contribution in [2.45, 2.75) is 0 Å². The zero-order chi connectivity index (χ0) is 64.6. The largest absolute Gasteiger partial charge is 0.455 e. The van der Waals surface area contributed by atoms with Gasteiger partial charge in [0.1, 0.15) is 22.3 Å². The van der Waals surface area contributed by atoms with E-state index in [0.29, 0.717) is 0 Å². The first kappa shape index (κ1) is 56.5. The summed E-state index contributed by atoms with van der Waals surface area (Å²) < 4.78 is 13.8. The number of hydrogen-bond donors (Lipinski definition) is 0. The van der Waals surface area contributed by atoms with E-state index < -0.39 is 0 Å². The molecule has 0 saturated heterocycles. The summed E-state index contributed by atoms with van der Waals surface area (Å²) in [4.78, 5) is 4.85. The average molecular weight is 1250 g/mol. The molecular weight excluding hydrogens is 1190 g/mol. The molecule has 2 heterocycles. The van der Waals surface area contributed by atoms with Crippen molar-refractivity contribution >= 4 is 121 Å². The fraction of sp³-hybridized carbons (Fsp3) is 0. The molecular formula is C94H60N2O2. The Morgan fingerprint density at radius 2 is 0.582 bits per heavy atom. The number of nitrogens with zero attached hydrogens (tertiary/aromatic N) is 2. The summed E-state index contributed by atoms with van der Waals surface area (Å²) in [6, 6.07) is 132. The number of para-hydroxylation sites is 2. The third-order valence-corrected chi connectivity index (χ3v) is 19.8. The molecule has 0 amide bonds. The molecule has 0 N–H and O–H groups in total. The molecule has 0 bridgehead atoms. The Bertz CT molecular complexity index is 6330. The minimum absolute atomic E-state index is 0.846. The van der Waals surface area contributed by atoms with Gasteiger partial charge in [0.05, 0.1) is 17.1 Å². The summed E-state index contributed by atoms with van der Waals surface area (Å²) in [5.74, 6) is 0. The minimum Gasteiger partial charge on any atom is -0.455 e. The lowest BCUT2D eigenvalue weighted by atomic mass is 9.94. The summed E-state index contributed by atoms with van der Waals surface area (Å²) in [6.45, 7) is 0. The topological polar surface area (TPSA) is 32.8 Å². The van der Waals surface area contributed by atoms with E-state index in [4.69, 9.17) is 8.83 Å². The van der Waals surface area contributed by atoms with E-state index in [2.05, 4.69) is 374 Å². The number of hydrogen-bond acceptors (Lipinski definition) is 4. The molecule has 0 aliphatic heterocycles. The molecule has 0 atom stereocenters. The van der Waals surface area contributed by atoms with Crippen LogP contribution in [0, 0.1) is 0 Å². The molecule has 19 rings (SSSR count). The monoisotopic (exact) mass is 1250 g/mol. The zero-order valence-corrected chi connectivity index (χ0v) is 53.4. The van der Waals surface area contributed by atoms with Crippen molar-refractivity contribution in [1.29, 1.82) is 0 Å². The minimum atomic E-state index is 0.846. The Morgan fingerprint density at radius 1 is 0.184 bits per heavy atom. The van der Waals surface area contributed by atoms with Gasteiger partial charge < -0.3 is 18.6 Å². The first-order valence-electron chi connectivity index (χ1n) is 33.5. The normalized spacial score (nSPS) is 11.7. The quantitative estimate of drug-likeness (QED) is 0.122. The van der Waals surface area contributed by atoms with Gasteiger partial charge in [0.25, 0.3) is 0 Å². The van der Waals surface area contributed by atoms with Crippen LogP contribution in [0.15, 0.2) is 373 Å². The van der Waals surface area contributed by atoms with Crippen molar-refractivity contribution < 1.29 is 8.83 Å². The lowest BCUT2D eigenvalue weighted by Crippen LogP contribution is -2.11. The van der Waals surface area contributed by atoms with E-state index >= 15 is 0 Å². The lowest BCUT2D eigenvalue weighted by molar-refractivity contribution is 0.672. The standard InChI is InChI=1S/C94H60N2O2/c1-2-21-62(22-3-1)77-36-10-13-43-87(77)96(88-44-18-27-63-24-5-8-35-78(63)88)74-33-16-31-71(59-74)81-41-20-46-90-92(81)84-56-52-66-47-48-68(60-85(66)94(84)98-90)67-28-14-29-69(57-67)79-37-11-12-42-86(79)95(72-53-49-65(50-54-72)76-39-17-26-61-23-4-7-34-75(61)76)73-32-15-30-70(58-73)80-40-19-45-89-91(80)83-55-51-64-25-6-9-38-82(64)93(83)97-89/h1-60H. The molecule has 0 radical (unpaired) electrons. The van der Waals surface area contributed by atoms with E-state index in [0.717, 1.165) is 161 Å². The van der Waals surface area contributed by atoms with Crippen LogP contribution in [0.2, 0.25) is 0 Å². The summed E-state index contributed by atoms with van der Waals surface area (Å²) in [6.07, 6.45) is 0. The van der Waals surface area contributed by atoms with Crippen LogP contribution in [-0.2, 0) is 0 Å². The fourth-order valence-corrected chi connectivity index (χ4v) is 15.3. The predicted octanol–water partition coefficient (Wildman–Crippen LogP) is 27.0. The Morgan fingerprint density at radius 3 is 1.27 bits per heavy atom. The van der Waals surface area contributed by atoms with Crippen LogP contribution in [-0.4, -0.2) is 0 Å². The highest BCUT2D eigenvalue weighted by Gasteiger charge is 2.24. The van der Waals surface area contributed by atoms with Crippen LogP contribution in [0.3, 0.4) is 0 Å². The lowest BCUT2D eigenvalue weighted by Gasteiger charge is -2.29. The third kappa shape index (κ3) is 9.60. The highest BCUT2D eigenvalue weighted by atomic mass is 16.3. The van der Waals surface area contributed by atoms with Crippen LogP contribution in [0.1, 0.15) is 0 Å². The SMILES string of the molecule is c1ccc(-c2ccccc2N(c2cccc(-c3cccc4oc5c6cc(-c7cccc(-c8ccccc8N(c8ccc(-c9cccc%10ccccc9%10)cc8)c8cccc(-c9cccc%10oc%11c%12ccccc%12ccc%11c9%10)c8)c7)ccc6ccc5c34)c2)c2cccc3ccccc23)cc1. The summed E-state index contributed by atoms with van der Waals surface area (Å²) in [5.41, 5.74) is 23.4. The van der Waals surface area contributed by atoms with Crippen molar-refractivity contribution in [3.8, 4) is 66.8 Å². The molecule has 0 aliphatic carbocycles. The van der Waals surface area contributed by atoms with E-state index in [-0.39, 0.29) is 0 Å². The number of benzene rings is 17. The van der Waals surface area contributed by atoms with Crippen molar-refractivity contribution in [2.75, 3.05) is 9.80 Å². The van der Waals surface area contributed by atoms with E-state index in [1.807, 2.05) is 0 Å². The van der Waals surface area contributed by atoms with Gasteiger partial charge in [-0.15, -0.1) is 0 Å². The van der Waals surface area contributed by atoms with Gasteiger partial charge in [0, 0.05) is 65.9 Å². The van der Waals surface area contributed by atoms with Crippen LogP contribution in [0.5, 0.6) is 0 Å². The Balaban J connectivity index is 0.715. The average Bonchev–Trinajstić information content (AvgIpc) is 1.58. The second-order valence-electron chi connectivity index (χ2n) is 25.4.